The molecule has 1 N–H and O–H groups in total. The first-order valence-electron chi connectivity index (χ1n) is 8.76. The van der Waals surface area contributed by atoms with Gasteiger partial charge in [0.05, 0.1) is 17.8 Å². The summed E-state index contributed by atoms with van der Waals surface area (Å²) in [5.74, 6) is 0.187. The number of rotatable bonds is 3. The zero-order valence-corrected chi connectivity index (χ0v) is 15.0. The molecule has 4 nitrogen and oxygen atoms in total. The summed E-state index contributed by atoms with van der Waals surface area (Å²) < 4.78 is 6.00. The van der Waals surface area contributed by atoms with E-state index in [1.165, 1.54) is 0 Å². The van der Waals surface area contributed by atoms with Gasteiger partial charge in [0.1, 0.15) is 0 Å². The number of amides is 1. The van der Waals surface area contributed by atoms with Crippen LogP contribution in [0.3, 0.4) is 0 Å². The predicted octanol–water partition coefficient (Wildman–Crippen LogP) is 3.20. The van der Waals surface area contributed by atoms with Gasteiger partial charge in [-0.3, -0.25) is 4.79 Å². The first kappa shape index (κ1) is 17.7. The molecular formula is C19H26ClNO3. The maximum absolute atomic E-state index is 12.5. The number of likely N-dealkylation sites (tertiary alicyclic amines) is 1. The fraction of sp³-hybridized carbons (Fsp3) is 0.632. The molecule has 5 heteroatoms. The lowest BCUT2D eigenvalue weighted by atomic mass is 9.78. The van der Waals surface area contributed by atoms with Crippen LogP contribution in [0.25, 0.3) is 0 Å². The molecule has 1 spiro atoms. The number of hydrogen-bond acceptors (Lipinski definition) is 3. The molecule has 1 amide bonds. The lowest BCUT2D eigenvalue weighted by Gasteiger charge is -2.48. The molecule has 2 aliphatic rings. The minimum atomic E-state index is -0.642. The van der Waals surface area contributed by atoms with Gasteiger partial charge in [-0.15, -0.1) is 0 Å². The first-order chi connectivity index (χ1) is 11.4. The van der Waals surface area contributed by atoms with Gasteiger partial charge >= 0.3 is 0 Å². The van der Waals surface area contributed by atoms with Crippen LogP contribution in [0.15, 0.2) is 24.3 Å². The highest BCUT2D eigenvalue weighted by Gasteiger charge is 2.44. The fourth-order valence-electron chi connectivity index (χ4n) is 3.91. The van der Waals surface area contributed by atoms with Crippen LogP contribution in [0.2, 0.25) is 5.02 Å². The largest absolute Gasteiger partial charge is 0.390 e. The molecule has 0 saturated carbocycles. The minimum Gasteiger partial charge on any atom is -0.390 e. The van der Waals surface area contributed by atoms with Crippen LogP contribution in [0.5, 0.6) is 0 Å². The zero-order valence-electron chi connectivity index (χ0n) is 14.3. The summed E-state index contributed by atoms with van der Waals surface area (Å²) in [5, 5.41) is 11.0. The summed E-state index contributed by atoms with van der Waals surface area (Å²) in [4.78, 5) is 14.4. The van der Waals surface area contributed by atoms with Crippen LogP contribution < -0.4 is 0 Å². The summed E-state index contributed by atoms with van der Waals surface area (Å²) in [6, 6.07) is 7.68. The summed E-state index contributed by atoms with van der Waals surface area (Å²) in [6.07, 6.45) is 4.21. The highest BCUT2D eigenvalue weighted by atomic mass is 35.5. The summed E-state index contributed by atoms with van der Waals surface area (Å²) >= 11 is 5.98. The van der Waals surface area contributed by atoms with Gasteiger partial charge in [0.25, 0.3) is 0 Å². The summed E-state index contributed by atoms with van der Waals surface area (Å²) in [5.41, 5.74) is 0.207. The van der Waals surface area contributed by atoms with Gasteiger partial charge < -0.3 is 14.7 Å². The highest BCUT2D eigenvalue weighted by molar-refractivity contribution is 6.30. The topological polar surface area (TPSA) is 49.8 Å². The normalized spacial score (nSPS) is 26.5. The summed E-state index contributed by atoms with van der Waals surface area (Å²) in [6.45, 7) is 3.92. The van der Waals surface area contributed by atoms with Crippen molar-refractivity contribution < 1.29 is 14.6 Å². The van der Waals surface area contributed by atoms with Crippen LogP contribution in [0.4, 0.5) is 0 Å². The Hall–Kier alpha value is -1.10. The second-order valence-corrected chi connectivity index (χ2v) is 7.90. The maximum Gasteiger partial charge on any atom is 0.222 e. The van der Waals surface area contributed by atoms with Crippen molar-refractivity contribution >= 4 is 17.5 Å². The molecule has 0 aromatic heterocycles. The van der Waals surface area contributed by atoms with Crippen molar-refractivity contribution in [3.05, 3.63) is 34.9 Å². The molecule has 3 rings (SSSR count). The van der Waals surface area contributed by atoms with E-state index in [1.807, 2.05) is 36.1 Å². The van der Waals surface area contributed by atoms with E-state index in [1.54, 1.807) is 0 Å². The smallest absolute Gasteiger partial charge is 0.222 e. The van der Waals surface area contributed by atoms with E-state index in [0.29, 0.717) is 50.4 Å². The number of carbonyl (C=O) groups is 1. The summed E-state index contributed by atoms with van der Waals surface area (Å²) in [7, 11) is 0. The second-order valence-electron chi connectivity index (χ2n) is 7.47. The molecule has 1 unspecified atom stereocenters. The number of aliphatic hydroxyl groups is 1. The Kier molecular flexibility index (Phi) is 5.19. The Balaban J connectivity index is 1.50. The fourth-order valence-corrected chi connectivity index (χ4v) is 4.12. The molecule has 24 heavy (non-hydrogen) atoms. The van der Waals surface area contributed by atoms with Crippen LogP contribution >= 0.6 is 11.6 Å². The van der Waals surface area contributed by atoms with Crippen molar-refractivity contribution in [3.63, 3.8) is 0 Å². The maximum atomic E-state index is 12.5. The third kappa shape index (κ3) is 4.29. The number of hydrogen-bond donors (Lipinski definition) is 1. The highest BCUT2D eigenvalue weighted by Crippen LogP contribution is 2.39. The van der Waals surface area contributed by atoms with Crippen molar-refractivity contribution in [1.29, 1.82) is 0 Å². The van der Waals surface area contributed by atoms with E-state index in [4.69, 9.17) is 16.3 Å². The Bertz CT molecular complexity index is 594. The van der Waals surface area contributed by atoms with Gasteiger partial charge in [-0.1, -0.05) is 23.7 Å². The Morgan fingerprint density at radius 1 is 1.33 bits per heavy atom. The molecule has 1 atom stereocenters. The number of halogens is 1. The Morgan fingerprint density at radius 2 is 2.08 bits per heavy atom. The number of aryl methyl sites for hydroxylation is 1. The van der Waals surface area contributed by atoms with Gasteiger partial charge in [0.2, 0.25) is 5.91 Å². The molecule has 1 aromatic rings. The van der Waals surface area contributed by atoms with Crippen molar-refractivity contribution in [3.8, 4) is 0 Å². The van der Waals surface area contributed by atoms with E-state index in [-0.39, 0.29) is 11.5 Å². The van der Waals surface area contributed by atoms with E-state index >= 15 is 0 Å². The standard InChI is InChI=1S/C19H26ClNO3/c1-18(23)9-12-24-19(14-18)7-10-21(11-8-19)17(22)6-5-15-3-2-4-16(20)13-15/h2-4,13,23H,5-12,14H2,1H3. The Labute approximate surface area is 148 Å². The average molecular weight is 352 g/mol. The quantitative estimate of drug-likeness (QED) is 0.909. The molecule has 0 aliphatic carbocycles. The van der Waals surface area contributed by atoms with E-state index < -0.39 is 5.60 Å². The molecule has 132 valence electrons. The van der Waals surface area contributed by atoms with Crippen LogP contribution in [0.1, 0.15) is 44.6 Å². The van der Waals surface area contributed by atoms with Crippen molar-refractivity contribution in [1.82, 2.24) is 4.90 Å². The van der Waals surface area contributed by atoms with Gasteiger partial charge in [-0.25, -0.2) is 0 Å². The SMILES string of the molecule is CC1(O)CCOC2(CCN(C(=O)CCc3cccc(Cl)c3)CC2)C1. The molecule has 2 fully saturated rings. The van der Waals surface area contributed by atoms with Gasteiger partial charge in [0, 0.05) is 31.0 Å². The number of ether oxygens (including phenoxy) is 1. The number of benzene rings is 1. The second kappa shape index (κ2) is 7.03. The Morgan fingerprint density at radius 3 is 2.75 bits per heavy atom. The van der Waals surface area contributed by atoms with Crippen LogP contribution in [-0.2, 0) is 16.0 Å². The number of carbonyl (C=O) groups excluding carboxylic acids is 1. The van der Waals surface area contributed by atoms with Crippen molar-refractivity contribution in [2.75, 3.05) is 19.7 Å². The van der Waals surface area contributed by atoms with Gasteiger partial charge in [-0.05, 0) is 50.3 Å². The monoisotopic (exact) mass is 351 g/mol. The third-order valence-electron chi connectivity index (χ3n) is 5.30. The molecule has 0 bridgehead atoms. The molecule has 2 saturated heterocycles. The molecule has 2 aliphatic heterocycles. The first-order valence-corrected chi connectivity index (χ1v) is 9.14. The number of nitrogens with zero attached hydrogens (tertiary/aromatic N) is 1. The van der Waals surface area contributed by atoms with Gasteiger partial charge in [0.15, 0.2) is 0 Å². The average Bonchev–Trinajstić information content (AvgIpc) is 2.52. The van der Waals surface area contributed by atoms with Crippen LogP contribution in [0, 0.1) is 0 Å². The lowest BCUT2D eigenvalue weighted by Crippen LogP contribution is -2.54. The third-order valence-corrected chi connectivity index (χ3v) is 5.53. The van der Waals surface area contributed by atoms with Crippen molar-refractivity contribution in [2.45, 2.75) is 56.7 Å². The molecule has 2 heterocycles. The predicted molar refractivity (Wildman–Crippen MR) is 94.1 cm³/mol. The van der Waals surface area contributed by atoms with Gasteiger partial charge in [-0.2, -0.15) is 0 Å². The number of piperidine rings is 1. The molecule has 0 radical (unpaired) electrons. The molecule has 1 aromatic carbocycles. The molecular weight excluding hydrogens is 326 g/mol. The minimum absolute atomic E-state index is 0.187. The van der Waals surface area contributed by atoms with Crippen LogP contribution in [-0.4, -0.2) is 46.8 Å². The van der Waals surface area contributed by atoms with E-state index in [0.717, 1.165) is 18.4 Å². The van der Waals surface area contributed by atoms with E-state index in [9.17, 15) is 9.90 Å². The zero-order chi connectivity index (χ0) is 17.2. The van der Waals surface area contributed by atoms with Crippen molar-refractivity contribution in [2.24, 2.45) is 0 Å². The van der Waals surface area contributed by atoms with E-state index in [2.05, 4.69) is 0 Å². The lowest BCUT2D eigenvalue weighted by molar-refractivity contribution is -0.175.